The summed E-state index contributed by atoms with van der Waals surface area (Å²) in [5.41, 5.74) is 2.23. The standard InChI is InChI=1S/C37H41F3N6O6/c38-37(39,40)23-43-36(50)29-20-45(21-33-42-18-32(52-33)25-9-6-12-41-17-25)13-14-46(29)19-27(47)16-26(15-24-7-2-1-3-8-24)35(49)44-34-28-10-4-5-11-31(28)51-22-30(34)48/h1-12,17-18,26-27,29-30,34,47-48H,13-16,19-23H2,(H,43,50)(H,44,49)/t26?,27-,29-,30+,34-/m0/s1. The summed E-state index contributed by atoms with van der Waals surface area (Å²) in [7, 11) is 0. The van der Waals surface area contributed by atoms with Gasteiger partial charge in [0.2, 0.25) is 17.7 Å². The number of pyridine rings is 1. The summed E-state index contributed by atoms with van der Waals surface area (Å²) in [5.74, 6) is -0.517. The van der Waals surface area contributed by atoms with Gasteiger partial charge in [0.1, 0.15) is 31.0 Å². The van der Waals surface area contributed by atoms with E-state index in [1.807, 2.05) is 46.6 Å². The monoisotopic (exact) mass is 722 g/mol. The van der Waals surface area contributed by atoms with Gasteiger partial charge in [-0.25, -0.2) is 4.98 Å². The van der Waals surface area contributed by atoms with Crippen LogP contribution in [-0.2, 0) is 22.6 Å². The molecule has 0 saturated carbocycles. The van der Waals surface area contributed by atoms with E-state index < -0.39 is 48.8 Å². The number of hydrogen-bond donors (Lipinski definition) is 4. The van der Waals surface area contributed by atoms with E-state index in [2.05, 4.69) is 15.3 Å². The molecule has 1 unspecified atom stereocenters. The number of carbonyl (C=O) groups excluding carboxylic acids is 2. The number of piperazine rings is 1. The number of aliphatic hydroxyl groups excluding tert-OH is 2. The van der Waals surface area contributed by atoms with Crippen LogP contribution in [0.3, 0.4) is 0 Å². The predicted molar refractivity (Wildman–Crippen MR) is 183 cm³/mol. The number of halogens is 3. The molecule has 2 aromatic carbocycles. The summed E-state index contributed by atoms with van der Waals surface area (Å²) in [5, 5.41) is 27.2. The van der Waals surface area contributed by atoms with Gasteiger partial charge in [-0.05, 0) is 36.6 Å². The Morgan fingerprint density at radius 2 is 1.81 bits per heavy atom. The zero-order valence-electron chi connectivity index (χ0n) is 28.3. The molecule has 276 valence electrons. The number of nitrogens with zero attached hydrogens (tertiary/aromatic N) is 4. The number of amides is 2. The van der Waals surface area contributed by atoms with Crippen molar-refractivity contribution >= 4 is 11.8 Å². The summed E-state index contributed by atoms with van der Waals surface area (Å²) in [4.78, 5) is 39.1. The maximum Gasteiger partial charge on any atom is 0.405 e. The van der Waals surface area contributed by atoms with Gasteiger partial charge >= 0.3 is 6.18 Å². The second-order valence-corrected chi connectivity index (χ2v) is 13.1. The Bertz CT molecular complexity index is 1780. The molecule has 2 amide bonds. The molecule has 1 saturated heterocycles. The molecule has 15 heteroatoms. The zero-order valence-corrected chi connectivity index (χ0v) is 28.3. The van der Waals surface area contributed by atoms with Crippen LogP contribution in [0.5, 0.6) is 5.75 Å². The fourth-order valence-electron chi connectivity index (χ4n) is 6.66. The summed E-state index contributed by atoms with van der Waals surface area (Å²) >= 11 is 0. The molecule has 12 nitrogen and oxygen atoms in total. The lowest BCUT2D eigenvalue weighted by Gasteiger charge is -2.41. The lowest BCUT2D eigenvalue weighted by atomic mass is 9.90. The first-order chi connectivity index (χ1) is 25.0. The molecule has 0 spiro atoms. The van der Waals surface area contributed by atoms with E-state index in [0.29, 0.717) is 29.5 Å². The van der Waals surface area contributed by atoms with Gasteiger partial charge in [0.05, 0.1) is 24.9 Å². The highest BCUT2D eigenvalue weighted by Gasteiger charge is 2.38. The Balaban J connectivity index is 1.15. The quantitative estimate of drug-likeness (QED) is 0.162. The van der Waals surface area contributed by atoms with E-state index in [1.165, 1.54) is 0 Å². The van der Waals surface area contributed by atoms with E-state index in [1.54, 1.807) is 53.8 Å². The summed E-state index contributed by atoms with van der Waals surface area (Å²) < 4.78 is 50.8. The van der Waals surface area contributed by atoms with Gasteiger partial charge in [-0.1, -0.05) is 48.5 Å². The highest BCUT2D eigenvalue weighted by molar-refractivity contribution is 5.82. The molecule has 0 radical (unpaired) electrons. The normalized spacial score (nSPS) is 20.7. The van der Waals surface area contributed by atoms with Crippen molar-refractivity contribution in [2.75, 3.05) is 39.3 Å². The first-order valence-corrected chi connectivity index (χ1v) is 17.1. The van der Waals surface area contributed by atoms with Crippen LogP contribution in [0.15, 0.2) is 89.7 Å². The SMILES string of the molecule is O=C(N[C@H]1c2ccccc2OC[C@H]1O)C(Cc1ccccc1)C[C@H](O)CN1CCN(Cc2ncc(-c3cccnc3)o2)C[C@H]1C(=O)NCC(F)(F)F. The highest BCUT2D eigenvalue weighted by Crippen LogP contribution is 2.32. The van der Waals surface area contributed by atoms with E-state index in [0.717, 1.165) is 11.1 Å². The minimum absolute atomic E-state index is 0.000636. The Morgan fingerprint density at radius 1 is 1.02 bits per heavy atom. The molecule has 5 atom stereocenters. The Hall–Kier alpha value is -4.83. The summed E-state index contributed by atoms with van der Waals surface area (Å²) in [6.45, 7) is -0.639. The van der Waals surface area contributed by atoms with Crippen molar-refractivity contribution in [1.82, 2.24) is 30.4 Å². The summed E-state index contributed by atoms with van der Waals surface area (Å²) in [6.07, 6.45) is -1.61. The number of rotatable bonds is 13. The fourth-order valence-corrected chi connectivity index (χ4v) is 6.66. The van der Waals surface area contributed by atoms with Crippen molar-refractivity contribution in [3.05, 3.63) is 102 Å². The Kier molecular flexibility index (Phi) is 11.8. The van der Waals surface area contributed by atoms with Crippen LogP contribution < -0.4 is 15.4 Å². The molecular weight excluding hydrogens is 681 g/mol. The molecule has 2 aliphatic heterocycles. The van der Waals surface area contributed by atoms with Gasteiger partial charge in [0, 0.05) is 55.6 Å². The van der Waals surface area contributed by atoms with E-state index >= 15 is 0 Å². The molecule has 0 aliphatic carbocycles. The highest BCUT2D eigenvalue weighted by atomic mass is 19.4. The molecule has 4 aromatic rings. The molecule has 2 aliphatic rings. The topological polar surface area (TPSA) is 153 Å². The van der Waals surface area contributed by atoms with Gasteiger partial charge < -0.3 is 30.0 Å². The maximum absolute atomic E-state index is 13.9. The van der Waals surface area contributed by atoms with Crippen LogP contribution in [0.25, 0.3) is 11.3 Å². The average Bonchev–Trinajstić information content (AvgIpc) is 3.61. The van der Waals surface area contributed by atoms with Crippen molar-refractivity contribution in [2.24, 2.45) is 5.92 Å². The number of hydrogen-bond acceptors (Lipinski definition) is 10. The molecule has 52 heavy (non-hydrogen) atoms. The van der Waals surface area contributed by atoms with E-state index in [-0.39, 0.29) is 51.5 Å². The van der Waals surface area contributed by atoms with Crippen LogP contribution in [0.2, 0.25) is 0 Å². The molecule has 4 heterocycles. The number of aromatic nitrogens is 2. The van der Waals surface area contributed by atoms with Crippen molar-refractivity contribution < 1.29 is 42.1 Å². The lowest BCUT2D eigenvalue weighted by molar-refractivity contribution is -0.143. The minimum atomic E-state index is -4.61. The molecule has 2 aromatic heterocycles. The van der Waals surface area contributed by atoms with Gasteiger partial charge in [-0.15, -0.1) is 0 Å². The smallest absolute Gasteiger partial charge is 0.405 e. The number of nitrogens with one attached hydrogen (secondary N) is 2. The third kappa shape index (κ3) is 9.73. The predicted octanol–water partition coefficient (Wildman–Crippen LogP) is 3.12. The van der Waals surface area contributed by atoms with Crippen LogP contribution in [0.4, 0.5) is 13.2 Å². The number of ether oxygens (including phenoxy) is 1. The second kappa shape index (κ2) is 16.7. The zero-order chi connectivity index (χ0) is 36.7. The Labute approximate surface area is 298 Å². The average molecular weight is 723 g/mol. The third-order valence-corrected chi connectivity index (χ3v) is 9.24. The minimum Gasteiger partial charge on any atom is -0.490 e. The third-order valence-electron chi connectivity index (χ3n) is 9.24. The van der Waals surface area contributed by atoms with E-state index in [4.69, 9.17) is 9.15 Å². The number of benzene rings is 2. The summed E-state index contributed by atoms with van der Waals surface area (Å²) in [6, 6.07) is 18.2. The fraction of sp³-hybridized carbons (Fsp3) is 0.405. The van der Waals surface area contributed by atoms with Crippen molar-refractivity contribution in [3.8, 4) is 17.1 Å². The number of β-amino-alcohol motifs (C(OH)–C–C–N with tert-alkyl or cyclic N) is 1. The van der Waals surface area contributed by atoms with Crippen LogP contribution in [0.1, 0.15) is 29.5 Å². The maximum atomic E-state index is 13.9. The van der Waals surface area contributed by atoms with Crippen LogP contribution in [-0.4, -0.2) is 106 Å². The number of oxazole rings is 1. The molecule has 6 rings (SSSR count). The molecule has 0 bridgehead atoms. The van der Waals surface area contributed by atoms with Gasteiger partial charge in [0.25, 0.3) is 0 Å². The van der Waals surface area contributed by atoms with Crippen molar-refractivity contribution in [2.45, 2.75) is 49.9 Å². The van der Waals surface area contributed by atoms with Gasteiger partial charge in [-0.3, -0.25) is 24.4 Å². The van der Waals surface area contributed by atoms with Crippen molar-refractivity contribution in [1.29, 1.82) is 0 Å². The first-order valence-electron chi connectivity index (χ1n) is 17.1. The van der Waals surface area contributed by atoms with Gasteiger partial charge in [-0.2, -0.15) is 13.2 Å². The molecule has 1 fully saturated rings. The lowest BCUT2D eigenvalue weighted by Crippen LogP contribution is -2.60. The number of carbonyl (C=O) groups is 2. The van der Waals surface area contributed by atoms with E-state index in [9.17, 15) is 33.0 Å². The number of para-hydroxylation sites is 1. The number of alkyl halides is 3. The van der Waals surface area contributed by atoms with Crippen LogP contribution in [0, 0.1) is 5.92 Å². The molecule has 4 N–H and O–H groups in total. The second-order valence-electron chi connectivity index (χ2n) is 13.1. The first kappa shape index (κ1) is 36.9. The Morgan fingerprint density at radius 3 is 2.58 bits per heavy atom. The van der Waals surface area contributed by atoms with Crippen LogP contribution >= 0.6 is 0 Å². The largest absolute Gasteiger partial charge is 0.490 e. The van der Waals surface area contributed by atoms with Crippen molar-refractivity contribution in [3.63, 3.8) is 0 Å². The molecular formula is C37H41F3N6O6. The number of aliphatic hydroxyl groups is 2. The van der Waals surface area contributed by atoms with Gasteiger partial charge in [0.15, 0.2) is 5.76 Å². The number of fused-ring (bicyclic) bond motifs is 1.